The molecule has 2 amide bonds. The van der Waals surface area contributed by atoms with Crippen LogP contribution < -0.4 is 5.32 Å². The minimum atomic E-state index is -0.428. The molecule has 24 heavy (non-hydrogen) atoms. The standard InChI is InChI=1S/C20H25NO3/c1-12-5-6-13(2)18(9-12)15(4)11-16(22)10-14(3)17-7-8-19(23)21-20(17)24/h5-6,9,15,17H,3,7-8,10-11H2,1-2,4H3,(H,21,23,24)/t15?,17-/m1/s1. The summed E-state index contributed by atoms with van der Waals surface area (Å²) < 4.78 is 0. The van der Waals surface area contributed by atoms with Gasteiger partial charge in [0.2, 0.25) is 11.8 Å². The molecular weight excluding hydrogens is 302 g/mol. The van der Waals surface area contributed by atoms with E-state index in [1.807, 2.05) is 6.92 Å². The van der Waals surface area contributed by atoms with Gasteiger partial charge in [-0.05, 0) is 37.3 Å². The van der Waals surface area contributed by atoms with E-state index in [-0.39, 0.29) is 29.9 Å². The first-order valence-corrected chi connectivity index (χ1v) is 8.38. The normalized spacial score (nSPS) is 18.9. The molecule has 1 aliphatic heterocycles. The molecule has 1 aromatic carbocycles. The van der Waals surface area contributed by atoms with Crippen LogP contribution >= 0.6 is 0 Å². The SMILES string of the molecule is C=C(CC(=O)CC(C)c1cc(C)ccc1C)[C@H]1CCC(=O)NC1=O. The fourth-order valence-electron chi connectivity index (χ4n) is 3.27. The second-order valence-electron chi connectivity index (χ2n) is 6.84. The summed E-state index contributed by atoms with van der Waals surface area (Å²) in [5.41, 5.74) is 4.17. The fraction of sp³-hybridized carbons (Fsp3) is 0.450. The van der Waals surface area contributed by atoms with Crippen LogP contribution in [0.1, 0.15) is 55.2 Å². The summed E-state index contributed by atoms with van der Waals surface area (Å²) in [6, 6.07) is 6.27. The summed E-state index contributed by atoms with van der Waals surface area (Å²) in [6.07, 6.45) is 1.38. The van der Waals surface area contributed by atoms with Crippen LogP contribution in [0, 0.1) is 19.8 Å². The second kappa shape index (κ2) is 7.56. The Hall–Kier alpha value is -2.23. The highest BCUT2D eigenvalue weighted by molar-refractivity contribution is 6.00. The number of piperidine rings is 1. The minimum Gasteiger partial charge on any atom is -0.299 e. The number of ketones is 1. The molecule has 0 bridgehead atoms. The lowest BCUT2D eigenvalue weighted by molar-refractivity contribution is -0.135. The predicted octanol–water partition coefficient (Wildman–Crippen LogP) is 3.37. The molecule has 0 radical (unpaired) electrons. The van der Waals surface area contributed by atoms with E-state index in [0.717, 1.165) is 0 Å². The van der Waals surface area contributed by atoms with Gasteiger partial charge in [0.25, 0.3) is 0 Å². The Kier molecular flexibility index (Phi) is 5.71. The lowest BCUT2D eigenvalue weighted by Crippen LogP contribution is -2.41. The van der Waals surface area contributed by atoms with Gasteiger partial charge in [0, 0.05) is 19.3 Å². The Morgan fingerprint density at radius 1 is 1.33 bits per heavy atom. The summed E-state index contributed by atoms with van der Waals surface area (Å²) in [5.74, 6) is -0.793. The summed E-state index contributed by atoms with van der Waals surface area (Å²) in [5, 5.41) is 2.31. The zero-order valence-electron chi connectivity index (χ0n) is 14.6. The predicted molar refractivity (Wildman–Crippen MR) is 93.6 cm³/mol. The minimum absolute atomic E-state index is 0.0816. The zero-order valence-corrected chi connectivity index (χ0v) is 14.6. The quantitative estimate of drug-likeness (QED) is 0.643. The number of aryl methyl sites for hydroxylation is 2. The van der Waals surface area contributed by atoms with Gasteiger partial charge in [0.1, 0.15) is 5.78 Å². The monoisotopic (exact) mass is 327 g/mol. The number of hydrogen-bond acceptors (Lipinski definition) is 3. The largest absolute Gasteiger partial charge is 0.299 e. The van der Waals surface area contributed by atoms with E-state index < -0.39 is 5.92 Å². The third-order valence-electron chi connectivity index (χ3n) is 4.66. The topological polar surface area (TPSA) is 63.2 Å². The Morgan fingerprint density at radius 3 is 2.71 bits per heavy atom. The van der Waals surface area contributed by atoms with Crippen molar-refractivity contribution in [3.8, 4) is 0 Å². The molecule has 2 rings (SSSR count). The number of imide groups is 1. The van der Waals surface area contributed by atoms with Gasteiger partial charge in [-0.2, -0.15) is 0 Å². The molecule has 1 fully saturated rings. The highest BCUT2D eigenvalue weighted by atomic mass is 16.2. The van der Waals surface area contributed by atoms with Crippen molar-refractivity contribution in [2.45, 2.75) is 52.4 Å². The van der Waals surface area contributed by atoms with Gasteiger partial charge in [0.15, 0.2) is 0 Å². The molecule has 4 heteroatoms. The van der Waals surface area contributed by atoms with Crippen LogP contribution in [0.25, 0.3) is 0 Å². The molecule has 4 nitrogen and oxygen atoms in total. The first-order chi connectivity index (χ1) is 11.3. The molecule has 0 saturated carbocycles. The van der Waals surface area contributed by atoms with E-state index in [2.05, 4.69) is 43.9 Å². The van der Waals surface area contributed by atoms with Crippen molar-refractivity contribution in [1.82, 2.24) is 5.32 Å². The number of carbonyl (C=O) groups excluding carboxylic acids is 3. The average Bonchev–Trinajstić information content (AvgIpc) is 2.49. The molecular formula is C20H25NO3. The lowest BCUT2D eigenvalue weighted by Gasteiger charge is -2.23. The smallest absolute Gasteiger partial charge is 0.233 e. The molecule has 2 atom stereocenters. The van der Waals surface area contributed by atoms with Crippen LogP contribution in [0.4, 0.5) is 0 Å². The Morgan fingerprint density at radius 2 is 2.04 bits per heavy atom. The Bertz CT molecular complexity index is 690. The number of rotatable bonds is 6. The van der Waals surface area contributed by atoms with Crippen molar-refractivity contribution in [3.05, 3.63) is 47.0 Å². The molecule has 1 N–H and O–H groups in total. The van der Waals surface area contributed by atoms with Gasteiger partial charge in [-0.1, -0.05) is 42.8 Å². The number of hydrogen-bond donors (Lipinski definition) is 1. The molecule has 128 valence electrons. The van der Waals surface area contributed by atoms with Gasteiger partial charge >= 0.3 is 0 Å². The van der Waals surface area contributed by atoms with E-state index in [1.165, 1.54) is 16.7 Å². The molecule has 1 aliphatic rings. The molecule has 0 aliphatic carbocycles. The maximum Gasteiger partial charge on any atom is 0.233 e. The van der Waals surface area contributed by atoms with Gasteiger partial charge < -0.3 is 0 Å². The Balaban J connectivity index is 1.95. The van der Waals surface area contributed by atoms with E-state index >= 15 is 0 Å². The van der Waals surface area contributed by atoms with E-state index in [1.54, 1.807) is 0 Å². The number of benzene rings is 1. The molecule has 1 heterocycles. The molecule has 0 aromatic heterocycles. The molecule has 1 aromatic rings. The highest BCUT2D eigenvalue weighted by Gasteiger charge is 2.29. The summed E-state index contributed by atoms with van der Waals surface area (Å²) in [4.78, 5) is 35.4. The van der Waals surface area contributed by atoms with Crippen LogP contribution in [-0.2, 0) is 14.4 Å². The number of amides is 2. The van der Waals surface area contributed by atoms with Crippen LogP contribution in [0.15, 0.2) is 30.4 Å². The summed E-state index contributed by atoms with van der Waals surface area (Å²) >= 11 is 0. The maximum absolute atomic E-state index is 12.4. The van der Waals surface area contributed by atoms with Crippen LogP contribution in [0.5, 0.6) is 0 Å². The van der Waals surface area contributed by atoms with Gasteiger partial charge in [0.05, 0.1) is 5.92 Å². The number of nitrogens with one attached hydrogen (secondary N) is 1. The third kappa shape index (κ3) is 4.40. The van der Waals surface area contributed by atoms with E-state index in [9.17, 15) is 14.4 Å². The van der Waals surface area contributed by atoms with Crippen molar-refractivity contribution in [2.24, 2.45) is 5.92 Å². The third-order valence-corrected chi connectivity index (χ3v) is 4.66. The van der Waals surface area contributed by atoms with E-state index in [0.29, 0.717) is 24.8 Å². The Labute approximate surface area is 143 Å². The van der Waals surface area contributed by atoms with Gasteiger partial charge in [-0.3, -0.25) is 19.7 Å². The van der Waals surface area contributed by atoms with Crippen molar-refractivity contribution in [1.29, 1.82) is 0 Å². The first-order valence-electron chi connectivity index (χ1n) is 8.38. The fourth-order valence-corrected chi connectivity index (χ4v) is 3.27. The average molecular weight is 327 g/mol. The molecule has 1 saturated heterocycles. The van der Waals surface area contributed by atoms with Crippen molar-refractivity contribution < 1.29 is 14.4 Å². The van der Waals surface area contributed by atoms with E-state index in [4.69, 9.17) is 0 Å². The van der Waals surface area contributed by atoms with Crippen LogP contribution in [0.3, 0.4) is 0 Å². The maximum atomic E-state index is 12.4. The van der Waals surface area contributed by atoms with Crippen molar-refractivity contribution >= 4 is 17.6 Å². The van der Waals surface area contributed by atoms with Gasteiger partial charge in [-0.25, -0.2) is 0 Å². The van der Waals surface area contributed by atoms with Crippen molar-refractivity contribution in [2.75, 3.05) is 0 Å². The second-order valence-corrected chi connectivity index (χ2v) is 6.84. The first kappa shape index (κ1) is 18.1. The number of carbonyl (C=O) groups is 3. The molecule has 1 unspecified atom stereocenters. The number of Topliss-reactive ketones (excluding diaryl/α,β-unsaturated/α-hetero) is 1. The van der Waals surface area contributed by atoms with Crippen molar-refractivity contribution in [3.63, 3.8) is 0 Å². The summed E-state index contributed by atoms with van der Waals surface area (Å²) in [6.45, 7) is 10.1. The van der Waals surface area contributed by atoms with Crippen LogP contribution in [-0.4, -0.2) is 17.6 Å². The lowest BCUT2D eigenvalue weighted by atomic mass is 9.85. The summed E-state index contributed by atoms with van der Waals surface area (Å²) in [7, 11) is 0. The zero-order chi connectivity index (χ0) is 17.9. The molecule has 0 spiro atoms. The highest BCUT2D eigenvalue weighted by Crippen LogP contribution is 2.27. The van der Waals surface area contributed by atoms with Crippen LogP contribution in [0.2, 0.25) is 0 Å². The van der Waals surface area contributed by atoms with Gasteiger partial charge in [-0.15, -0.1) is 0 Å².